The van der Waals surface area contributed by atoms with Crippen molar-refractivity contribution in [2.24, 2.45) is 0 Å². The maximum absolute atomic E-state index is 7.59. The van der Waals surface area contributed by atoms with Crippen molar-refractivity contribution in [3.05, 3.63) is 138 Å². The maximum atomic E-state index is 7.59. The van der Waals surface area contributed by atoms with Gasteiger partial charge in [0.1, 0.15) is 11.2 Å². The van der Waals surface area contributed by atoms with E-state index in [2.05, 4.69) is 102 Å². The molecule has 0 aliphatic rings. The molecule has 0 radical (unpaired) electrons. The minimum absolute atomic E-state index is 0.639. The number of aryl methyl sites for hydroxylation is 1. The second-order valence-corrected chi connectivity index (χ2v) is 10.8. The standard InChI is InChI=1S/C38H25N3O/c1-23-9-8-18-40-38(23)31-22-27(41-34-12-6-4-10-28(34)32-20-26(39-3)15-16-35(32)41)21-30(24(31)2)25-14-17-37-33(19-25)29-11-5-7-13-36(29)42-37/h4-22H,1-2H3. The van der Waals surface area contributed by atoms with E-state index in [0.717, 1.165) is 77.4 Å². The molecule has 0 atom stereocenters. The van der Waals surface area contributed by atoms with E-state index in [1.165, 1.54) is 5.56 Å². The predicted octanol–water partition coefficient (Wildman–Crippen LogP) is 10.6. The molecule has 0 amide bonds. The molecule has 3 heterocycles. The first-order valence-corrected chi connectivity index (χ1v) is 14.0. The Bertz CT molecular complexity index is 2400. The molecule has 5 aromatic carbocycles. The molecule has 3 aromatic heterocycles. The molecule has 4 nitrogen and oxygen atoms in total. The molecule has 42 heavy (non-hydrogen) atoms. The zero-order valence-corrected chi connectivity index (χ0v) is 23.2. The quantitative estimate of drug-likeness (QED) is 0.209. The maximum Gasteiger partial charge on any atom is 0.188 e. The molecule has 0 saturated carbocycles. The van der Waals surface area contributed by atoms with E-state index in [1.807, 2.05) is 36.5 Å². The molecule has 0 N–H and O–H groups in total. The first-order valence-electron chi connectivity index (χ1n) is 14.0. The molecule has 0 saturated heterocycles. The Kier molecular flexibility index (Phi) is 5.29. The predicted molar refractivity (Wildman–Crippen MR) is 172 cm³/mol. The van der Waals surface area contributed by atoms with Crippen LogP contribution in [0, 0.1) is 20.4 Å². The average molecular weight is 540 g/mol. The smallest absolute Gasteiger partial charge is 0.188 e. The van der Waals surface area contributed by atoms with Gasteiger partial charge in [0.05, 0.1) is 23.3 Å². The van der Waals surface area contributed by atoms with Crippen molar-refractivity contribution in [1.29, 1.82) is 0 Å². The molecule has 0 aliphatic carbocycles. The second kappa shape index (κ2) is 9.19. The fourth-order valence-corrected chi connectivity index (χ4v) is 6.34. The minimum Gasteiger partial charge on any atom is -0.456 e. The largest absolute Gasteiger partial charge is 0.456 e. The van der Waals surface area contributed by atoms with E-state index in [4.69, 9.17) is 16.0 Å². The van der Waals surface area contributed by atoms with Crippen LogP contribution in [0.1, 0.15) is 11.1 Å². The van der Waals surface area contributed by atoms with E-state index in [-0.39, 0.29) is 0 Å². The summed E-state index contributed by atoms with van der Waals surface area (Å²) in [6, 6.07) is 37.7. The number of benzene rings is 5. The van der Waals surface area contributed by atoms with Crippen LogP contribution in [0.15, 0.2) is 120 Å². The molecule has 0 unspecified atom stereocenters. The Morgan fingerprint density at radius 3 is 2.29 bits per heavy atom. The fourth-order valence-electron chi connectivity index (χ4n) is 6.34. The molecule has 0 bridgehead atoms. The third kappa shape index (κ3) is 3.57. The van der Waals surface area contributed by atoms with Crippen molar-refractivity contribution in [3.63, 3.8) is 0 Å². The molecule has 0 aliphatic heterocycles. The van der Waals surface area contributed by atoms with Crippen molar-refractivity contribution in [2.75, 3.05) is 0 Å². The highest BCUT2D eigenvalue weighted by Gasteiger charge is 2.19. The summed E-state index contributed by atoms with van der Waals surface area (Å²) in [7, 11) is 0. The summed E-state index contributed by atoms with van der Waals surface area (Å²) in [5.41, 5.74) is 12.3. The Hall–Kier alpha value is -5.66. The fraction of sp³-hybridized carbons (Fsp3) is 0.0526. The number of hydrogen-bond acceptors (Lipinski definition) is 2. The number of para-hydroxylation sites is 2. The van der Waals surface area contributed by atoms with Crippen molar-refractivity contribution in [1.82, 2.24) is 9.55 Å². The monoisotopic (exact) mass is 539 g/mol. The summed E-state index contributed by atoms with van der Waals surface area (Å²) >= 11 is 0. The molecule has 0 fully saturated rings. The SMILES string of the molecule is [C-]#[N+]c1ccc2c(c1)c1ccccc1n2-c1cc(-c2ccc3oc4ccccc4c3c2)c(C)c(-c2ncccc2C)c1. The highest BCUT2D eigenvalue weighted by Crippen LogP contribution is 2.41. The van der Waals surface area contributed by atoms with Gasteiger partial charge in [0.25, 0.3) is 0 Å². The van der Waals surface area contributed by atoms with Crippen LogP contribution in [0.2, 0.25) is 0 Å². The normalized spacial score (nSPS) is 11.5. The zero-order valence-electron chi connectivity index (χ0n) is 23.2. The Morgan fingerprint density at radius 1 is 0.667 bits per heavy atom. The summed E-state index contributed by atoms with van der Waals surface area (Å²) < 4.78 is 8.46. The van der Waals surface area contributed by atoms with Crippen LogP contribution in [0.5, 0.6) is 0 Å². The lowest BCUT2D eigenvalue weighted by molar-refractivity contribution is 0.669. The first kappa shape index (κ1) is 24.2. The zero-order chi connectivity index (χ0) is 28.4. The van der Waals surface area contributed by atoms with Crippen LogP contribution in [-0.4, -0.2) is 9.55 Å². The molecule has 8 rings (SSSR count). The highest BCUT2D eigenvalue weighted by molar-refractivity contribution is 6.11. The molecule has 4 heteroatoms. The van der Waals surface area contributed by atoms with Crippen LogP contribution >= 0.6 is 0 Å². The van der Waals surface area contributed by atoms with E-state index in [9.17, 15) is 0 Å². The Balaban J connectivity index is 1.47. The van der Waals surface area contributed by atoms with Gasteiger partial charge in [-0.2, -0.15) is 0 Å². The molecule has 0 spiro atoms. The van der Waals surface area contributed by atoms with Crippen LogP contribution < -0.4 is 0 Å². The molecule has 198 valence electrons. The highest BCUT2D eigenvalue weighted by atomic mass is 16.3. The summed E-state index contributed by atoms with van der Waals surface area (Å²) in [4.78, 5) is 8.54. The number of nitrogens with zero attached hydrogens (tertiary/aromatic N) is 3. The van der Waals surface area contributed by atoms with Crippen LogP contribution in [0.25, 0.3) is 76.7 Å². The minimum atomic E-state index is 0.639. The van der Waals surface area contributed by atoms with Crippen LogP contribution in [0.3, 0.4) is 0 Å². The lowest BCUT2D eigenvalue weighted by Crippen LogP contribution is -2.00. The van der Waals surface area contributed by atoms with Gasteiger partial charge in [-0.1, -0.05) is 54.6 Å². The van der Waals surface area contributed by atoms with Crippen molar-refractivity contribution in [3.8, 4) is 28.1 Å². The number of furan rings is 1. The Morgan fingerprint density at radius 2 is 1.43 bits per heavy atom. The van der Waals surface area contributed by atoms with Gasteiger partial charge in [0, 0.05) is 33.6 Å². The summed E-state index contributed by atoms with van der Waals surface area (Å²) in [6.07, 6.45) is 1.87. The van der Waals surface area contributed by atoms with Crippen molar-refractivity contribution >= 4 is 49.4 Å². The average Bonchev–Trinajstić information content (AvgIpc) is 3.56. The van der Waals surface area contributed by atoms with Gasteiger partial charge in [0.15, 0.2) is 5.69 Å². The van der Waals surface area contributed by atoms with Gasteiger partial charge in [-0.25, -0.2) is 4.85 Å². The van der Waals surface area contributed by atoms with Gasteiger partial charge in [-0.05, 0) is 96.1 Å². The van der Waals surface area contributed by atoms with E-state index < -0.39 is 0 Å². The number of hydrogen-bond donors (Lipinski definition) is 0. The van der Waals surface area contributed by atoms with Gasteiger partial charge in [0.2, 0.25) is 0 Å². The van der Waals surface area contributed by atoms with E-state index in [1.54, 1.807) is 0 Å². The first-order chi connectivity index (χ1) is 20.6. The van der Waals surface area contributed by atoms with E-state index >= 15 is 0 Å². The summed E-state index contributed by atoms with van der Waals surface area (Å²) in [6.45, 7) is 11.9. The number of fused-ring (bicyclic) bond motifs is 6. The van der Waals surface area contributed by atoms with E-state index in [0.29, 0.717) is 5.69 Å². The molecular formula is C38H25N3O. The summed E-state index contributed by atoms with van der Waals surface area (Å²) in [5.74, 6) is 0. The second-order valence-electron chi connectivity index (χ2n) is 10.8. The van der Waals surface area contributed by atoms with Gasteiger partial charge in [-0.15, -0.1) is 0 Å². The molecular weight excluding hydrogens is 514 g/mol. The molecule has 8 aromatic rings. The van der Waals surface area contributed by atoms with Gasteiger partial charge < -0.3 is 8.98 Å². The lowest BCUT2D eigenvalue weighted by atomic mass is 9.91. The lowest BCUT2D eigenvalue weighted by Gasteiger charge is -2.18. The number of pyridine rings is 1. The summed E-state index contributed by atoms with van der Waals surface area (Å²) in [5, 5.41) is 4.42. The van der Waals surface area contributed by atoms with Crippen LogP contribution in [-0.2, 0) is 0 Å². The van der Waals surface area contributed by atoms with Crippen molar-refractivity contribution in [2.45, 2.75) is 13.8 Å². The van der Waals surface area contributed by atoms with Gasteiger partial charge >= 0.3 is 0 Å². The number of aromatic nitrogens is 2. The van der Waals surface area contributed by atoms with Crippen LogP contribution in [0.4, 0.5) is 5.69 Å². The number of rotatable bonds is 3. The van der Waals surface area contributed by atoms with Crippen molar-refractivity contribution < 1.29 is 4.42 Å². The topological polar surface area (TPSA) is 35.3 Å². The Labute approximate surface area is 242 Å². The third-order valence-electron chi connectivity index (χ3n) is 8.39. The third-order valence-corrected chi connectivity index (χ3v) is 8.39. The van der Waals surface area contributed by atoms with Gasteiger partial charge in [-0.3, -0.25) is 4.98 Å².